The molecule has 3 heterocycles. The Balaban J connectivity index is 2.10. The molecular formula is C10H12N4O2. The minimum absolute atomic E-state index is 0.0828. The Hall–Kier alpha value is -1.69. The van der Waals surface area contributed by atoms with Crippen LogP contribution in [0.3, 0.4) is 0 Å². The summed E-state index contributed by atoms with van der Waals surface area (Å²) < 4.78 is 7.32. The van der Waals surface area contributed by atoms with Gasteiger partial charge in [0.25, 0.3) is 5.56 Å². The molecular weight excluding hydrogens is 208 g/mol. The molecule has 0 unspecified atom stereocenters. The molecule has 0 bridgehead atoms. The van der Waals surface area contributed by atoms with E-state index in [9.17, 15) is 4.79 Å². The number of aromatic nitrogens is 4. The second-order valence-corrected chi connectivity index (χ2v) is 3.88. The second-order valence-electron chi connectivity index (χ2n) is 3.88. The second kappa shape index (κ2) is 3.71. The number of rotatable bonds is 1. The Labute approximate surface area is 91.3 Å². The average Bonchev–Trinajstić information content (AvgIpc) is 2.75. The summed E-state index contributed by atoms with van der Waals surface area (Å²) in [5.41, 5.74) is 0.433. The van der Waals surface area contributed by atoms with E-state index >= 15 is 0 Å². The standard InChI is InChI=1S/C10H12N4O2/c15-10-7-5-13-14(9(7)11-6-12-10)8-3-1-2-4-16-8/h5-6,8H,1-4H2,(H,11,12,15)/t8-/m1/s1. The maximum absolute atomic E-state index is 11.5. The maximum atomic E-state index is 11.5. The van der Waals surface area contributed by atoms with Gasteiger partial charge in [0, 0.05) is 6.61 Å². The molecule has 2 aromatic heterocycles. The van der Waals surface area contributed by atoms with Gasteiger partial charge in [-0.2, -0.15) is 5.10 Å². The molecule has 0 spiro atoms. The van der Waals surface area contributed by atoms with Crippen LogP contribution in [0.1, 0.15) is 25.5 Å². The van der Waals surface area contributed by atoms with Gasteiger partial charge in [0.15, 0.2) is 11.9 Å². The van der Waals surface area contributed by atoms with Crippen molar-refractivity contribution in [2.24, 2.45) is 0 Å². The van der Waals surface area contributed by atoms with Crippen molar-refractivity contribution in [2.75, 3.05) is 6.61 Å². The monoisotopic (exact) mass is 220 g/mol. The van der Waals surface area contributed by atoms with E-state index in [1.54, 1.807) is 10.9 Å². The fraction of sp³-hybridized carbons (Fsp3) is 0.500. The molecule has 1 fully saturated rings. The summed E-state index contributed by atoms with van der Waals surface area (Å²) in [6.07, 6.45) is 5.98. The number of hydrogen-bond donors (Lipinski definition) is 1. The van der Waals surface area contributed by atoms with E-state index in [1.165, 1.54) is 6.33 Å². The van der Waals surface area contributed by atoms with Crippen LogP contribution in [0.4, 0.5) is 0 Å². The third kappa shape index (κ3) is 1.42. The summed E-state index contributed by atoms with van der Waals surface area (Å²) in [7, 11) is 0. The third-order valence-electron chi connectivity index (χ3n) is 2.82. The van der Waals surface area contributed by atoms with Crippen LogP contribution in [0.5, 0.6) is 0 Å². The Morgan fingerprint density at radius 3 is 3.25 bits per heavy atom. The smallest absolute Gasteiger partial charge is 0.261 e. The topological polar surface area (TPSA) is 72.8 Å². The van der Waals surface area contributed by atoms with E-state index in [0.29, 0.717) is 11.0 Å². The Bertz CT molecular complexity index is 553. The fourth-order valence-electron chi connectivity index (χ4n) is 2.00. The van der Waals surface area contributed by atoms with Crippen LogP contribution < -0.4 is 5.56 Å². The molecule has 6 nitrogen and oxygen atoms in total. The quantitative estimate of drug-likeness (QED) is 0.772. The number of nitrogens with zero attached hydrogens (tertiary/aromatic N) is 3. The van der Waals surface area contributed by atoms with Gasteiger partial charge in [0.05, 0.1) is 12.5 Å². The zero-order valence-corrected chi connectivity index (χ0v) is 8.72. The minimum atomic E-state index is -0.160. The minimum Gasteiger partial charge on any atom is -0.356 e. The number of aromatic amines is 1. The zero-order chi connectivity index (χ0) is 11.0. The maximum Gasteiger partial charge on any atom is 0.261 e. The SMILES string of the molecule is O=c1[nH]cnc2c1cnn2[C@H]1CCCCO1. The molecule has 1 atom stereocenters. The first-order valence-electron chi connectivity index (χ1n) is 5.39. The van der Waals surface area contributed by atoms with Crippen LogP contribution in [-0.4, -0.2) is 26.4 Å². The molecule has 16 heavy (non-hydrogen) atoms. The van der Waals surface area contributed by atoms with Crippen LogP contribution in [0, 0.1) is 0 Å². The number of nitrogens with one attached hydrogen (secondary N) is 1. The first-order valence-corrected chi connectivity index (χ1v) is 5.39. The normalized spacial score (nSPS) is 21.4. The molecule has 1 aliphatic heterocycles. The summed E-state index contributed by atoms with van der Waals surface area (Å²) in [4.78, 5) is 18.2. The van der Waals surface area contributed by atoms with Gasteiger partial charge >= 0.3 is 0 Å². The van der Waals surface area contributed by atoms with Gasteiger partial charge in [-0.1, -0.05) is 0 Å². The van der Waals surface area contributed by atoms with Crippen molar-refractivity contribution in [3.8, 4) is 0 Å². The van der Waals surface area contributed by atoms with E-state index in [-0.39, 0.29) is 11.8 Å². The van der Waals surface area contributed by atoms with E-state index in [2.05, 4.69) is 15.1 Å². The van der Waals surface area contributed by atoms with E-state index in [1.807, 2.05) is 0 Å². The van der Waals surface area contributed by atoms with Crippen LogP contribution in [-0.2, 0) is 4.74 Å². The largest absolute Gasteiger partial charge is 0.356 e. The lowest BCUT2D eigenvalue weighted by molar-refractivity contribution is -0.0370. The van der Waals surface area contributed by atoms with Gasteiger partial charge in [-0.3, -0.25) is 4.79 Å². The molecule has 1 aliphatic rings. The molecule has 1 N–H and O–H groups in total. The van der Waals surface area contributed by atoms with Gasteiger partial charge in [0.1, 0.15) is 5.39 Å². The van der Waals surface area contributed by atoms with Gasteiger partial charge in [-0.15, -0.1) is 0 Å². The summed E-state index contributed by atoms with van der Waals surface area (Å²) in [6, 6.07) is 0. The Morgan fingerprint density at radius 1 is 1.50 bits per heavy atom. The lowest BCUT2D eigenvalue weighted by Crippen LogP contribution is -2.19. The predicted molar refractivity (Wildman–Crippen MR) is 57.0 cm³/mol. The van der Waals surface area contributed by atoms with Crippen molar-refractivity contribution in [2.45, 2.75) is 25.5 Å². The molecule has 0 saturated carbocycles. The molecule has 84 valence electrons. The fourth-order valence-corrected chi connectivity index (χ4v) is 2.00. The number of hydrogen-bond acceptors (Lipinski definition) is 4. The van der Waals surface area contributed by atoms with E-state index < -0.39 is 0 Å². The Morgan fingerprint density at radius 2 is 2.44 bits per heavy atom. The van der Waals surface area contributed by atoms with Crippen LogP contribution in [0.25, 0.3) is 11.0 Å². The van der Waals surface area contributed by atoms with Crippen LogP contribution in [0.15, 0.2) is 17.3 Å². The van der Waals surface area contributed by atoms with Crippen LogP contribution in [0.2, 0.25) is 0 Å². The number of H-pyrrole nitrogens is 1. The molecule has 0 radical (unpaired) electrons. The molecule has 6 heteroatoms. The highest BCUT2D eigenvalue weighted by atomic mass is 16.5. The van der Waals surface area contributed by atoms with Crippen molar-refractivity contribution < 1.29 is 4.74 Å². The first kappa shape index (κ1) is 9.53. The van der Waals surface area contributed by atoms with Gasteiger partial charge in [-0.05, 0) is 19.3 Å². The third-order valence-corrected chi connectivity index (χ3v) is 2.82. The van der Waals surface area contributed by atoms with Crippen molar-refractivity contribution in [1.82, 2.24) is 19.7 Å². The van der Waals surface area contributed by atoms with Crippen molar-refractivity contribution >= 4 is 11.0 Å². The highest BCUT2D eigenvalue weighted by Gasteiger charge is 2.19. The lowest BCUT2D eigenvalue weighted by Gasteiger charge is -2.22. The lowest BCUT2D eigenvalue weighted by atomic mass is 10.2. The molecule has 2 aromatic rings. The van der Waals surface area contributed by atoms with Crippen molar-refractivity contribution in [3.63, 3.8) is 0 Å². The summed E-state index contributed by atoms with van der Waals surface area (Å²) in [5, 5.41) is 4.70. The molecule has 3 rings (SSSR count). The van der Waals surface area contributed by atoms with Crippen molar-refractivity contribution in [1.29, 1.82) is 0 Å². The predicted octanol–water partition coefficient (Wildman–Crippen LogP) is 0.819. The highest BCUT2D eigenvalue weighted by molar-refractivity contribution is 5.72. The molecule has 0 amide bonds. The molecule has 0 aromatic carbocycles. The summed E-state index contributed by atoms with van der Waals surface area (Å²) >= 11 is 0. The van der Waals surface area contributed by atoms with E-state index in [4.69, 9.17) is 4.74 Å². The summed E-state index contributed by atoms with van der Waals surface area (Å²) in [6.45, 7) is 0.745. The first-order chi connectivity index (χ1) is 7.86. The van der Waals surface area contributed by atoms with Gasteiger partial charge in [-0.25, -0.2) is 9.67 Å². The summed E-state index contributed by atoms with van der Waals surface area (Å²) in [5.74, 6) is 0. The molecule has 0 aliphatic carbocycles. The zero-order valence-electron chi connectivity index (χ0n) is 8.72. The molecule has 1 saturated heterocycles. The Kier molecular flexibility index (Phi) is 2.21. The van der Waals surface area contributed by atoms with Crippen LogP contribution >= 0.6 is 0 Å². The number of ether oxygens (including phenoxy) is 1. The highest BCUT2D eigenvalue weighted by Crippen LogP contribution is 2.23. The van der Waals surface area contributed by atoms with Gasteiger partial charge in [0.2, 0.25) is 0 Å². The number of fused-ring (bicyclic) bond motifs is 1. The van der Waals surface area contributed by atoms with Crippen molar-refractivity contribution in [3.05, 3.63) is 22.9 Å². The van der Waals surface area contributed by atoms with E-state index in [0.717, 1.165) is 25.9 Å². The van der Waals surface area contributed by atoms with Gasteiger partial charge < -0.3 is 9.72 Å². The average molecular weight is 220 g/mol.